The molecule has 0 bridgehead atoms. The molecule has 21 heavy (non-hydrogen) atoms. The fourth-order valence-electron chi connectivity index (χ4n) is 3.37. The van der Waals surface area contributed by atoms with Crippen molar-refractivity contribution < 1.29 is 0 Å². The molecule has 1 atom stereocenters. The van der Waals surface area contributed by atoms with E-state index in [9.17, 15) is 0 Å². The molecule has 2 nitrogen and oxygen atoms in total. The molecule has 118 valence electrons. The van der Waals surface area contributed by atoms with Gasteiger partial charge in [0.2, 0.25) is 0 Å². The number of halogens is 2. The molecule has 0 heterocycles. The van der Waals surface area contributed by atoms with Crippen LogP contribution < -0.4 is 5.73 Å². The van der Waals surface area contributed by atoms with Gasteiger partial charge in [0.25, 0.3) is 0 Å². The predicted octanol–water partition coefficient (Wildman–Crippen LogP) is 5.11. The van der Waals surface area contributed by atoms with Crippen molar-refractivity contribution in [3.8, 4) is 0 Å². The van der Waals surface area contributed by atoms with Crippen LogP contribution in [-0.2, 0) is 0 Å². The van der Waals surface area contributed by atoms with E-state index < -0.39 is 0 Å². The molecule has 0 spiro atoms. The summed E-state index contributed by atoms with van der Waals surface area (Å²) in [6, 6.07) is 7.55. The number of nitrogens with zero attached hydrogens (tertiary/aromatic N) is 1. The van der Waals surface area contributed by atoms with Crippen molar-refractivity contribution in [2.24, 2.45) is 11.7 Å². The Morgan fingerprint density at radius 3 is 2.38 bits per heavy atom. The zero-order chi connectivity index (χ0) is 15.4. The summed E-state index contributed by atoms with van der Waals surface area (Å²) in [7, 11) is 0. The standard InChI is InChI=1S/C17H26Br2N2/c1-12(2)11-21(14-5-3-4-6-14)17(10-20)13-7-8-15(18)16(19)9-13/h7-9,12,14,17H,3-6,10-11,20H2,1-2H3. The Morgan fingerprint density at radius 1 is 1.19 bits per heavy atom. The molecule has 1 aliphatic carbocycles. The number of benzene rings is 1. The third-order valence-electron chi connectivity index (χ3n) is 4.32. The maximum atomic E-state index is 6.17. The summed E-state index contributed by atoms with van der Waals surface area (Å²) in [5.74, 6) is 0.665. The molecule has 2 rings (SSSR count). The molecule has 4 heteroatoms. The largest absolute Gasteiger partial charge is 0.329 e. The molecule has 1 fully saturated rings. The van der Waals surface area contributed by atoms with Crippen LogP contribution in [0.4, 0.5) is 0 Å². The van der Waals surface area contributed by atoms with Crippen molar-refractivity contribution in [1.29, 1.82) is 0 Å². The molecule has 0 saturated heterocycles. The van der Waals surface area contributed by atoms with Crippen molar-refractivity contribution in [3.63, 3.8) is 0 Å². The van der Waals surface area contributed by atoms with Crippen molar-refractivity contribution in [2.45, 2.75) is 51.6 Å². The molecule has 0 aromatic heterocycles. The summed E-state index contributed by atoms with van der Waals surface area (Å²) < 4.78 is 2.20. The van der Waals surface area contributed by atoms with Crippen LogP contribution in [0.3, 0.4) is 0 Å². The van der Waals surface area contributed by atoms with Crippen molar-refractivity contribution in [2.75, 3.05) is 13.1 Å². The number of hydrogen-bond donors (Lipinski definition) is 1. The smallest absolute Gasteiger partial charge is 0.0473 e. The summed E-state index contributed by atoms with van der Waals surface area (Å²) in [4.78, 5) is 2.66. The molecule has 2 N–H and O–H groups in total. The van der Waals surface area contributed by atoms with Crippen molar-refractivity contribution in [1.82, 2.24) is 4.90 Å². The van der Waals surface area contributed by atoms with Crippen molar-refractivity contribution in [3.05, 3.63) is 32.7 Å². The van der Waals surface area contributed by atoms with Gasteiger partial charge in [-0.25, -0.2) is 0 Å². The topological polar surface area (TPSA) is 29.3 Å². The van der Waals surface area contributed by atoms with Crippen LogP contribution in [0.1, 0.15) is 51.1 Å². The highest BCUT2D eigenvalue weighted by atomic mass is 79.9. The Balaban J connectivity index is 2.26. The Hall–Kier alpha value is 0.1000. The van der Waals surface area contributed by atoms with Gasteiger partial charge in [-0.3, -0.25) is 4.90 Å². The van der Waals surface area contributed by atoms with Gasteiger partial charge in [0.05, 0.1) is 0 Å². The first-order chi connectivity index (χ1) is 10.0. The molecule has 1 unspecified atom stereocenters. The molecule has 1 saturated carbocycles. The molecule has 1 aromatic rings. The summed E-state index contributed by atoms with van der Waals surface area (Å²) >= 11 is 7.17. The Kier molecular flexibility index (Phi) is 6.73. The molecule has 0 radical (unpaired) electrons. The first-order valence-electron chi connectivity index (χ1n) is 7.93. The van der Waals surface area contributed by atoms with E-state index in [1.165, 1.54) is 31.2 Å². The van der Waals surface area contributed by atoms with Gasteiger partial charge in [0.15, 0.2) is 0 Å². The zero-order valence-electron chi connectivity index (χ0n) is 13.0. The Morgan fingerprint density at radius 2 is 1.86 bits per heavy atom. The minimum atomic E-state index is 0.319. The van der Waals surface area contributed by atoms with Crippen LogP contribution in [0.15, 0.2) is 27.1 Å². The van der Waals surface area contributed by atoms with Crippen LogP contribution in [-0.4, -0.2) is 24.0 Å². The minimum absolute atomic E-state index is 0.319. The van der Waals surface area contributed by atoms with Gasteiger partial charge in [-0.15, -0.1) is 0 Å². The lowest BCUT2D eigenvalue weighted by molar-refractivity contribution is 0.121. The second-order valence-electron chi connectivity index (χ2n) is 6.45. The lowest BCUT2D eigenvalue weighted by Gasteiger charge is -2.37. The fraction of sp³-hybridized carbons (Fsp3) is 0.647. The highest BCUT2D eigenvalue weighted by Crippen LogP contribution is 2.34. The van der Waals surface area contributed by atoms with Crippen LogP contribution in [0.25, 0.3) is 0 Å². The average molecular weight is 418 g/mol. The molecule has 0 aliphatic heterocycles. The van der Waals surface area contributed by atoms with Gasteiger partial charge >= 0.3 is 0 Å². The first-order valence-corrected chi connectivity index (χ1v) is 9.52. The fourth-order valence-corrected chi connectivity index (χ4v) is 4.01. The highest BCUT2D eigenvalue weighted by molar-refractivity contribution is 9.13. The van der Waals surface area contributed by atoms with Crippen LogP contribution in [0.2, 0.25) is 0 Å². The molecule has 1 aliphatic rings. The predicted molar refractivity (Wildman–Crippen MR) is 97.4 cm³/mol. The first kappa shape index (κ1) is 17.5. The van der Waals surface area contributed by atoms with Crippen LogP contribution in [0, 0.1) is 5.92 Å². The number of hydrogen-bond acceptors (Lipinski definition) is 2. The lowest BCUT2D eigenvalue weighted by Crippen LogP contribution is -2.42. The molecular formula is C17H26Br2N2. The van der Waals surface area contributed by atoms with Crippen LogP contribution >= 0.6 is 31.9 Å². The monoisotopic (exact) mass is 416 g/mol. The van der Waals surface area contributed by atoms with E-state index in [-0.39, 0.29) is 0 Å². The van der Waals surface area contributed by atoms with Gasteiger partial charge in [0, 0.05) is 34.1 Å². The maximum absolute atomic E-state index is 6.17. The maximum Gasteiger partial charge on any atom is 0.0473 e. The van der Waals surface area contributed by atoms with Gasteiger partial charge in [-0.1, -0.05) is 32.8 Å². The van der Waals surface area contributed by atoms with E-state index >= 15 is 0 Å². The van der Waals surface area contributed by atoms with Gasteiger partial charge in [0.1, 0.15) is 0 Å². The third kappa shape index (κ3) is 4.54. The van der Waals surface area contributed by atoms with E-state index in [0.717, 1.165) is 15.5 Å². The second-order valence-corrected chi connectivity index (χ2v) is 8.16. The quantitative estimate of drug-likeness (QED) is 0.696. The zero-order valence-corrected chi connectivity index (χ0v) is 16.2. The van der Waals surface area contributed by atoms with Gasteiger partial charge in [-0.2, -0.15) is 0 Å². The number of rotatable bonds is 6. The Bertz CT molecular complexity index is 456. The molecular weight excluding hydrogens is 392 g/mol. The van der Waals surface area contributed by atoms with Crippen LogP contribution in [0.5, 0.6) is 0 Å². The van der Waals surface area contributed by atoms with E-state index in [2.05, 4.69) is 68.8 Å². The normalized spacial score (nSPS) is 17.9. The molecule has 0 amide bonds. The summed E-state index contributed by atoms with van der Waals surface area (Å²) in [6.45, 7) is 6.40. The number of nitrogens with two attached hydrogens (primary N) is 1. The Labute approximate surface area is 145 Å². The van der Waals surface area contributed by atoms with Gasteiger partial charge < -0.3 is 5.73 Å². The SMILES string of the molecule is CC(C)CN(C1CCCC1)C(CN)c1ccc(Br)c(Br)c1. The lowest BCUT2D eigenvalue weighted by atomic mass is 10.0. The summed E-state index contributed by atoms with van der Waals surface area (Å²) in [5, 5.41) is 0. The van der Waals surface area contributed by atoms with Crippen molar-refractivity contribution >= 4 is 31.9 Å². The van der Waals surface area contributed by atoms with E-state index in [0.29, 0.717) is 24.5 Å². The summed E-state index contributed by atoms with van der Waals surface area (Å²) in [5.41, 5.74) is 7.49. The minimum Gasteiger partial charge on any atom is -0.329 e. The van der Waals surface area contributed by atoms with Gasteiger partial charge in [-0.05, 0) is 68.3 Å². The highest BCUT2D eigenvalue weighted by Gasteiger charge is 2.29. The molecule has 1 aromatic carbocycles. The van der Waals surface area contributed by atoms with E-state index in [1.807, 2.05) is 0 Å². The third-order valence-corrected chi connectivity index (χ3v) is 6.20. The second kappa shape index (κ2) is 8.09. The summed E-state index contributed by atoms with van der Waals surface area (Å²) in [6.07, 6.45) is 5.36. The van der Waals surface area contributed by atoms with E-state index in [4.69, 9.17) is 5.73 Å². The van der Waals surface area contributed by atoms with E-state index in [1.54, 1.807) is 0 Å². The average Bonchev–Trinajstić information content (AvgIpc) is 2.96.